The summed E-state index contributed by atoms with van der Waals surface area (Å²) in [5.41, 5.74) is 5.66. The summed E-state index contributed by atoms with van der Waals surface area (Å²) >= 11 is 8.80. The molecule has 0 saturated heterocycles. The molecule has 0 saturated carbocycles. The highest BCUT2D eigenvalue weighted by atomic mass is 79.9. The zero-order valence-electron chi connectivity index (χ0n) is 6.37. The van der Waals surface area contributed by atoms with Gasteiger partial charge in [-0.05, 0) is 22.0 Å². The molecule has 1 aromatic heterocycles. The van der Waals surface area contributed by atoms with E-state index in [4.69, 9.17) is 22.4 Å². The molecule has 1 aromatic rings. The van der Waals surface area contributed by atoms with Gasteiger partial charge in [0, 0.05) is 16.2 Å². The Kier molecular flexibility index (Phi) is 3.24. The Morgan fingerprint density at radius 1 is 1.77 bits per heavy atom. The van der Waals surface area contributed by atoms with Crippen LogP contribution in [0.2, 0.25) is 5.15 Å². The number of aromatic nitrogens is 1. The average molecular weight is 265 g/mol. The molecule has 0 aliphatic carbocycles. The maximum Gasteiger partial charge on any atom is 0.325 e. The Hall–Kier alpha value is -0.650. The second-order valence-electron chi connectivity index (χ2n) is 2.35. The predicted octanol–water partition coefficient (Wildman–Crippen LogP) is 1.58. The van der Waals surface area contributed by atoms with Gasteiger partial charge in [-0.3, -0.25) is 4.79 Å². The highest BCUT2D eigenvalue weighted by molar-refractivity contribution is 9.10. The monoisotopic (exact) mass is 264 g/mol. The van der Waals surface area contributed by atoms with Crippen LogP contribution in [0.1, 0.15) is 11.6 Å². The van der Waals surface area contributed by atoms with E-state index in [0.29, 0.717) is 10.0 Å². The van der Waals surface area contributed by atoms with Crippen molar-refractivity contribution in [3.63, 3.8) is 0 Å². The summed E-state index contributed by atoms with van der Waals surface area (Å²) in [6, 6.07) is 0.395. The van der Waals surface area contributed by atoms with Crippen LogP contribution < -0.4 is 5.73 Å². The Morgan fingerprint density at radius 2 is 2.38 bits per heavy atom. The summed E-state index contributed by atoms with van der Waals surface area (Å²) < 4.78 is 0.642. The molecule has 0 amide bonds. The van der Waals surface area contributed by atoms with Crippen molar-refractivity contribution in [1.29, 1.82) is 0 Å². The van der Waals surface area contributed by atoms with Crippen LogP contribution in [0.4, 0.5) is 0 Å². The second kappa shape index (κ2) is 4.04. The molecular formula is C7H6BrClN2O2. The van der Waals surface area contributed by atoms with Gasteiger partial charge in [-0.25, -0.2) is 4.98 Å². The van der Waals surface area contributed by atoms with Gasteiger partial charge < -0.3 is 10.8 Å². The summed E-state index contributed by atoms with van der Waals surface area (Å²) in [6.07, 6.45) is 1.47. The van der Waals surface area contributed by atoms with E-state index >= 15 is 0 Å². The van der Waals surface area contributed by atoms with Crippen LogP contribution in [0.15, 0.2) is 16.7 Å². The van der Waals surface area contributed by atoms with E-state index < -0.39 is 12.0 Å². The first-order chi connectivity index (χ1) is 6.02. The minimum atomic E-state index is -1.14. The summed E-state index contributed by atoms with van der Waals surface area (Å²) in [4.78, 5) is 14.3. The number of nitrogens with two attached hydrogens (primary N) is 1. The van der Waals surface area contributed by atoms with E-state index in [1.165, 1.54) is 12.3 Å². The number of hydrogen-bond donors (Lipinski definition) is 2. The first-order valence-corrected chi connectivity index (χ1v) is 4.49. The molecule has 70 valence electrons. The number of nitrogens with zero attached hydrogens (tertiary/aromatic N) is 1. The standard InChI is InChI=1S/C7H6BrClN2O2/c8-3-1-4(5(10)7(12)13)6(9)11-2-3/h1-2,5H,10H2,(H,12,13). The topological polar surface area (TPSA) is 76.2 Å². The maximum absolute atomic E-state index is 10.5. The Balaban J connectivity index is 3.12. The van der Waals surface area contributed by atoms with Gasteiger partial charge in [0.1, 0.15) is 11.2 Å². The fourth-order valence-electron chi connectivity index (χ4n) is 0.789. The van der Waals surface area contributed by atoms with Crippen molar-refractivity contribution >= 4 is 33.5 Å². The minimum absolute atomic E-state index is 0.109. The van der Waals surface area contributed by atoms with Crippen molar-refractivity contribution < 1.29 is 9.90 Å². The molecule has 0 fully saturated rings. The molecule has 1 unspecified atom stereocenters. The van der Waals surface area contributed by atoms with E-state index in [1.54, 1.807) is 0 Å². The molecular weight excluding hydrogens is 259 g/mol. The molecule has 0 aliphatic heterocycles. The summed E-state index contributed by atoms with van der Waals surface area (Å²) in [5, 5.41) is 8.73. The van der Waals surface area contributed by atoms with E-state index in [0.717, 1.165) is 0 Å². The van der Waals surface area contributed by atoms with Crippen LogP contribution >= 0.6 is 27.5 Å². The predicted molar refractivity (Wildman–Crippen MR) is 51.5 cm³/mol. The normalized spacial score (nSPS) is 12.5. The number of carboxylic acids is 1. The molecule has 0 spiro atoms. The molecule has 1 rings (SSSR count). The van der Waals surface area contributed by atoms with Crippen molar-refractivity contribution in [3.05, 3.63) is 27.5 Å². The summed E-state index contributed by atoms with van der Waals surface area (Å²) in [6.45, 7) is 0. The molecule has 0 bridgehead atoms. The van der Waals surface area contributed by atoms with Crippen molar-refractivity contribution in [2.24, 2.45) is 5.73 Å². The molecule has 4 nitrogen and oxygen atoms in total. The zero-order valence-corrected chi connectivity index (χ0v) is 8.71. The third kappa shape index (κ3) is 2.40. The number of halogens is 2. The SMILES string of the molecule is NC(C(=O)O)c1cc(Br)cnc1Cl. The third-order valence-corrected chi connectivity index (χ3v) is 2.18. The van der Waals surface area contributed by atoms with Crippen LogP contribution in [0.25, 0.3) is 0 Å². The van der Waals surface area contributed by atoms with Gasteiger partial charge >= 0.3 is 5.97 Å². The Morgan fingerprint density at radius 3 is 2.92 bits per heavy atom. The van der Waals surface area contributed by atoms with Crippen molar-refractivity contribution in [1.82, 2.24) is 4.98 Å². The molecule has 3 N–H and O–H groups in total. The van der Waals surface area contributed by atoms with Crippen LogP contribution in [0.5, 0.6) is 0 Å². The zero-order chi connectivity index (χ0) is 10.0. The van der Waals surface area contributed by atoms with Gasteiger partial charge in [-0.15, -0.1) is 0 Å². The van der Waals surface area contributed by atoms with E-state index in [-0.39, 0.29) is 5.15 Å². The molecule has 0 aromatic carbocycles. The summed E-state index contributed by atoms with van der Waals surface area (Å²) in [7, 11) is 0. The lowest BCUT2D eigenvalue weighted by Crippen LogP contribution is -2.21. The number of hydrogen-bond acceptors (Lipinski definition) is 3. The quantitative estimate of drug-likeness (QED) is 0.796. The molecule has 13 heavy (non-hydrogen) atoms. The van der Waals surface area contributed by atoms with Gasteiger partial charge in [0.25, 0.3) is 0 Å². The first kappa shape index (κ1) is 10.4. The van der Waals surface area contributed by atoms with Gasteiger partial charge in [-0.2, -0.15) is 0 Å². The van der Waals surface area contributed by atoms with Crippen LogP contribution in [0, 0.1) is 0 Å². The van der Waals surface area contributed by atoms with Gasteiger partial charge in [-0.1, -0.05) is 11.6 Å². The van der Waals surface area contributed by atoms with Crippen molar-refractivity contribution in [2.45, 2.75) is 6.04 Å². The van der Waals surface area contributed by atoms with Crippen LogP contribution in [-0.2, 0) is 4.79 Å². The summed E-state index contributed by atoms with van der Waals surface area (Å²) in [5.74, 6) is -1.14. The van der Waals surface area contributed by atoms with E-state index in [2.05, 4.69) is 20.9 Å². The third-order valence-electron chi connectivity index (χ3n) is 1.43. The van der Waals surface area contributed by atoms with Crippen molar-refractivity contribution in [2.75, 3.05) is 0 Å². The maximum atomic E-state index is 10.5. The minimum Gasteiger partial charge on any atom is -0.480 e. The van der Waals surface area contributed by atoms with Crippen LogP contribution in [-0.4, -0.2) is 16.1 Å². The number of carbonyl (C=O) groups is 1. The lowest BCUT2D eigenvalue weighted by atomic mass is 10.1. The Bertz CT molecular complexity index is 345. The van der Waals surface area contributed by atoms with Crippen LogP contribution in [0.3, 0.4) is 0 Å². The smallest absolute Gasteiger partial charge is 0.325 e. The van der Waals surface area contributed by atoms with Gasteiger partial charge in [0.05, 0.1) is 0 Å². The molecule has 0 aliphatic rings. The number of pyridine rings is 1. The lowest BCUT2D eigenvalue weighted by molar-refractivity contribution is -0.138. The van der Waals surface area contributed by atoms with Crippen molar-refractivity contribution in [3.8, 4) is 0 Å². The van der Waals surface area contributed by atoms with E-state index in [1.807, 2.05) is 0 Å². The largest absolute Gasteiger partial charge is 0.480 e. The fourth-order valence-corrected chi connectivity index (χ4v) is 1.36. The first-order valence-electron chi connectivity index (χ1n) is 3.31. The Labute approximate surface area is 87.8 Å². The van der Waals surface area contributed by atoms with Gasteiger partial charge in [0.2, 0.25) is 0 Å². The molecule has 1 heterocycles. The lowest BCUT2D eigenvalue weighted by Gasteiger charge is -2.07. The average Bonchev–Trinajstić information content (AvgIpc) is 2.08. The van der Waals surface area contributed by atoms with E-state index in [9.17, 15) is 4.79 Å². The molecule has 1 atom stereocenters. The highest BCUT2D eigenvalue weighted by Gasteiger charge is 2.18. The molecule has 6 heteroatoms. The molecule has 0 radical (unpaired) electrons. The highest BCUT2D eigenvalue weighted by Crippen LogP contribution is 2.22. The number of rotatable bonds is 2. The fraction of sp³-hybridized carbons (Fsp3) is 0.143. The second-order valence-corrected chi connectivity index (χ2v) is 3.62. The number of carboxylic acid groups (broad SMARTS) is 1. The number of aliphatic carboxylic acids is 1. The van der Waals surface area contributed by atoms with Gasteiger partial charge in [0.15, 0.2) is 0 Å².